The molecule has 0 atom stereocenters. The number of aryl methyl sites for hydroxylation is 1. The van der Waals surface area contributed by atoms with E-state index in [1.54, 1.807) is 23.0 Å². The Bertz CT molecular complexity index is 933. The average molecular weight is 393 g/mol. The molecule has 7 heteroatoms. The van der Waals surface area contributed by atoms with Crippen LogP contribution in [0, 0.1) is 6.92 Å². The standard InChI is InChI=1S/C22H27N5O2/c1-4-6-7-8-17-9-11-18(12-10-17)24-22(28)19-15-23-27(16(19)3)20-13-14-21(26-25-20)29-5-2/h9-15H,4-8H2,1-3H3,(H,24,28). The lowest BCUT2D eigenvalue weighted by atomic mass is 10.1. The Morgan fingerprint density at radius 1 is 1.07 bits per heavy atom. The van der Waals surface area contributed by atoms with Crippen molar-refractivity contribution in [2.75, 3.05) is 11.9 Å². The molecule has 29 heavy (non-hydrogen) atoms. The number of carbonyl (C=O) groups is 1. The first-order valence-corrected chi connectivity index (χ1v) is 10.0. The molecule has 0 bridgehead atoms. The van der Waals surface area contributed by atoms with Gasteiger partial charge in [-0.25, -0.2) is 4.68 Å². The van der Waals surface area contributed by atoms with Gasteiger partial charge in [0.15, 0.2) is 5.82 Å². The van der Waals surface area contributed by atoms with Crippen molar-refractivity contribution in [1.29, 1.82) is 0 Å². The number of amides is 1. The largest absolute Gasteiger partial charge is 0.477 e. The Morgan fingerprint density at radius 2 is 1.86 bits per heavy atom. The molecule has 152 valence electrons. The minimum atomic E-state index is -0.202. The first kappa shape index (κ1) is 20.5. The van der Waals surface area contributed by atoms with Crippen molar-refractivity contribution in [3.8, 4) is 11.7 Å². The molecule has 0 aliphatic heterocycles. The number of nitrogens with zero attached hydrogens (tertiary/aromatic N) is 4. The van der Waals surface area contributed by atoms with Gasteiger partial charge >= 0.3 is 0 Å². The quantitative estimate of drug-likeness (QED) is 0.547. The molecule has 0 aliphatic rings. The molecule has 3 rings (SSSR count). The monoisotopic (exact) mass is 393 g/mol. The SMILES string of the molecule is CCCCCc1ccc(NC(=O)c2cnn(-c3ccc(OCC)nn3)c2C)cc1. The van der Waals surface area contributed by atoms with Crippen LogP contribution in [-0.2, 0) is 6.42 Å². The van der Waals surface area contributed by atoms with Gasteiger partial charge in [0.2, 0.25) is 5.88 Å². The van der Waals surface area contributed by atoms with Crippen LogP contribution < -0.4 is 10.1 Å². The van der Waals surface area contributed by atoms with Gasteiger partial charge in [0.05, 0.1) is 24.1 Å². The van der Waals surface area contributed by atoms with E-state index in [1.165, 1.54) is 24.8 Å². The first-order chi connectivity index (χ1) is 14.1. The molecule has 0 saturated carbocycles. The van der Waals surface area contributed by atoms with E-state index in [2.05, 4.69) is 39.7 Å². The fourth-order valence-electron chi connectivity index (χ4n) is 3.05. The summed E-state index contributed by atoms with van der Waals surface area (Å²) in [6, 6.07) is 11.5. The molecule has 0 saturated heterocycles. The van der Waals surface area contributed by atoms with Crippen LogP contribution in [-0.4, -0.2) is 32.5 Å². The fourth-order valence-corrected chi connectivity index (χ4v) is 3.05. The summed E-state index contributed by atoms with van der Waals surface area (Å²) in [7, 11) is 0. The zero-order valence-corrected chi connectivity index (χ0v) is 17.2. The van der Waals surface area contributed by atoms with E-state index in [-0.39, 0.29) is 5.91 Å². The van der Waals surface area contributed by atoms with Gasteiger partial charge in [-0.1, -0.05) is 31.9 Å². The summed E-state index contributed by atoms with van der Waals surface area (Å²) < 4.78 is 6.90. The number of anilines is 1. The Labute approximate surface area is 171 Å². The van der Waals surface area contributed by atoms with Crippen LogP contribution in [0.4, 0.5) is 5.69 Å². The summed E-state index contributed by atoms with van der Waals surface area (Å²) in [6.45, 7) is 6.44. The summed E-state index contributed by atoms with van der Waals surface area (Å²) in [4.78, 5) is 12.7. The Morgan fingerprint density at radius 3 is 2.52 bits per heavy atom. The van der Waals surface area contributed by atoms with Gasteiger partial charge in [-0.2, -0.15) is 5.10 Å². The lowest BCUT2D eigenvalue weighted by molar-refractivity contribution is 0.102. The maximum absolute atomic E-state index is 12.7. The highest BCUT2D eigenvalue weighted by molar-refractivity contribution is 6.04. The molecule has 0 radical (unpaired) electrons. The minimum Gasteiger partial charge on any atom is -0.477 e. The third kappa shape index (κ3) is 5.19. The van der Waals surface area contributed by atoms with E-state index in [0.717, 1.165) is 12.1 Å². The summed E-state index contributed by atoms with van der Waals surface area (Å²) >= 11 is 0. The number of rotatable bonds is 9. The number of unbranched alkanes of at least 4 members (excludes halogenated alkanes) is 2. The predicted molar refractivity (Wildman–Crippen MR) is 113 cm³/mol. The second kappa shape index (κ2) is 9.82. The molecule has 0 fully saturated rings. The van der Waals surface area contributed by atoms with Crippen molar-refractivity contribution in [1.82, 2.24) is 20.0 Å². The van der Waals surface area contributed by atoms with Crippen LogP contribution in [0.5, 0.6) is 5.88 Å². The van der Waals surface area contributed by atoms with Crippen molar-refractivity contribution < 1.29 is 9.53 Å². The smallest absolute Gasteiger partial charge is 0.259 e. The van der Waals surface area contributed by atoms with E-state index in [9.17, 15) is 4.79 Å². The normalized spacial score (nSPS) is 10.7. The summed E-state index contributed by atoms with van der Waals surface area (Å²) in [6.07, 6.45) is 6.25. The van der Waals surface area contributed by atoms with Crippen LogP contribution in [0.2, 0.25) is 0 Å². The maximum Gasteiger partial charge on any atom is 0.259 e. The van der Waals surface area contributed by atoms with E-state index >= 15 is 0 Å². The molecule has 1 amide bonds. The van der Waals surface area contributed by atoms with Gasteiger partial charge in [0, 0.05) is 11.8 Å². The number of nitrogens with one attached hydrogen (secondary N) is 1. The molecule has 1 aromatic carbocycles. The second-order valence-electron chi connectivity index (χ2n) is 6.83. The van der Waals surface area contributed by atoms with Crippen LogP contribution in [0.1, 0.15) is 54.7 Å². The fraction of sp³-hybridized carbons (Fsp3) is 0.364. The second-order valence-corrected chi connectivity index (χ2v) is 6.83. The molecule has 2 heterocycles. The van der Waals surface area contributed by atoms with Crippen LogP contribution in [0.15, 0.2) is 42.6 Å². The van der Waals surface area contributed by atoms with E-state index in [1.807, 2.05) is 26.0 Å². The van der Waals surface area contributed by atoms with Crippen LogP contribution >= 0.6 is 0 Å². The maximum atomic E-state index is 12.7. The van der Waals surface area contributed by atoms with Crippen LogP contribution in [0.25, 0.3) is 5.82 Å². The third-order valence-corrected chi connectivity index (χ3v) is 4.67. The van der Waals surface area contributed by atoms with Crippen molar-refractivity contribution >= 4 is 11.6 Å². The molecule has 7 nitrogen and oxygen atoms in total. The number of ether oxygens (including phenoxy) is 1. The molecule has 0 aliphatic carbocycles. The van der Waals surface area contributed by atoms with Crippen molar-refractivity contribution in [3.63, 3.8) is 0 Å². The van der Waals surface area contributed by atoms with E-state index in [4.69, 9.17) is 4.74 Å². The summed E-state index contributed by atoms with van der Waals surface area (Å²) in [5.74, 6) is 0.782. The van der Waals surface area contributed by atoms with E-state index < -0.39 is 0 Å². The van der Waals surface area contributed by atoms with Gasteiger partial charge in [0.25, 0.3) is 5.91 Å². The molecule has 0 unspecified atom stereocenters. The minimum absolute atomic E-state index is 0.202. The van der Waals surface area contributed by atoms with Gasteiger partial charge in [-0.3, -0.25) is 4.79 Å². The number of carbonyl (C=O) groups excluding carboxylic acids is 1. The lowest BCUT2D eigenvalue weighted by Gasteiger charge is -2.07. The molecule has 0 spiro atoms. The Balaban J connectivity index is 1.67. The topological polar surface area (TPSA) is 81.9 Å². The number of aromatic nitrogens is 4. The Hall–Kier alpha value is -3.22. The van der Waals surface area contributed by atoms with Crippen molar-refractivity contribution in [2.45, 2.75) is 46.5 Å². The molecule has 2 aromatic heterocycles. The van der Waals surface area contributed by atoms with Gasteiger partial charge in [0.1, 0.15) is 0 Å². The number of hydrogen-bond acceptors (Lipinski definition) is 5. The van der Waals surface area contributed by atoms with E-state index in [0.29, 0.717) is 29.6 Å². The number of hydrogen-bond donors (Lipinski definition) is 1. The van der Waals surface area contributed by atoms with Crippen molar-refractivity contribution in [2.24, 2.45) is 0 Å². The average Bonchev–Trinajstić information content (AvgIpc) is 3.12. The van der Waals surface area contributed by atoms with Gasteiger partial charge in [-0.15, -0.1) is 10.2 Å². The third-order valence-electron chi connectivity index (χ3n) is 4.67. The molecular weight excluding hydrogens is 366 g/mol. The molecule has 1 N–H and O–H groups in total. The zero-order chi connectivity index (χ0) is 20.6. The lowest BCUT2D eigenvalue weighted by Crippen LogP contribution is -2.13. The van der Waals surface area contributed by atoms with Gasteiger partial charge in [-0.05, 0) is 50.5 Å². The number of benzene rings is 1. The highest BCUT2D eigenvalue weighted by Crippen LogP contribution is 2.17. The van der Waals surface area contributed by atoms with Gasteiger partial charge < -0.3 is 10.1 Å². The highest BCUT2D eigenvalue weighted by Gasteiger charge is 2.16. The summed E-state index contributed by atoms with van der Waals surface area (Å²) in [5, 5.41) is 15.4. The van der Waals surface area contributed by atoms with Crippen LogP contribution in [0.3, 0.4) is 0 Å². The first-order valence-electron chi connectivity index (χ1n) is 10.0. The Kier molecular flexibility index (Phi) is 6.94. The van der Waals surface area contributed by atoms with Crippen molar-refractivity contribution in [3.05, 3.63) is 59.4 Å². The zero-order valence-electron chi connectivity index (χ0n) is 17.2. The molecule has 3 aromatic rings. The highest BCUT2D eigenvalue weighted by atomic mass is 16.5. The summed E-state index contributed by atoms with van der Waals surface area (Å²) in [5.41, 5.74) is 3.24. The predicted octanol–water partition coefficient (Wildman–Crippen LogP) is 4.35. The molecular formula is C22H27N5O2.